The van der Waals surface area contributed by atoms with Crippen LogP contribution in [0.15, 0.2) is 0 Å². The molecule has 19 heavy (non-hydrogen) atoms. The Kier molecular flexibility index (Phi) is 5.20. The molecule has 0 aromatic heterocycles. The fourth-order valence-electron chi connectivity index (χ4n) is 1.76. The van der Waals surface area contributed by atoms with Crippen LogP contribution in [0.1, 0.15) is 12.8 Å². The molecule has 1 rings (SSSR count). The highest BCUT2D eigenvalue weighted by atomic mass is 16.6. The van der Waals surface area contributed by atoms with E-state index in [9.17, 15) is 35.1 Å². The summed E-state index contributed by atoms with van der Waals surface area (Å²) in [6.45, 7) is 0. The van der Waals surface area contributed by atoms with Gasteiger partial charge in [0.15, 0.2) is 6.10 Å². The van der Waals surface area contributed by atoms with Crippen LogP contribution in [0.25, 0.3) is 0 Å². The molecule has 9 heteroatoms. The number of ether oxygens (including phenoxy) is 1. The zero-order chi connectivity index (χ0) is 14.7. The van der Waals surface area contributed by atoms with Gasteiger partial charge in [0, 0.05) is 0 Å². The normalized spacial score (nSPS) is 38.8. The van der Waals surface area contributed by atoms with Gasteiger partial charge in [0.1, 0.15) is 30.5 Å². The molecule has 0 spiro atoms. The maximum atomic E-state index is 11.3. The van der Waals surface area contributed by atoms with Crippen LogP contribution in [0, 0.1) is 0 Å². The van der Waals surface area contributed by atoms with Gasteiger partial charge >= 0.3 is 11.9 Å². The number of carbonyl (C=O) groups is 2. The average molecular weight is 280 g/mol. The van der Waals surface area contributed by atoms with Crippen LogP contribution in [0.3, 0.4) is 0 Å². The standard InChI is InChI=1S/C10H16O9/c11-3(12)1-2-4(13)19-10-8(17)6(15)5(14)7(16)9(10)18/h5-10,14-18H,1-2H2,(H,11,12). The van der Waals surface area contributed by atoms with Crippen molar-refractivity contribution in [2.24, 2.45) is 0 Å². The summed E-state index contributed by atoms with van der Waals surface area (Å²) < 4.78 is 4.62. The number of hydrogen-bond donors (Lipinski definition) is 6. The third-order valence-electron chi connectivity index (χ3n) is 2.88. The molecule has 0 aliphatic heterocycles. The number of carboxylic acid groups (broad SMARTS) is 1. The zero-order valence-corrected chi connectivity index (χ0v) is 9.79. The summed E-state index contributed by atoms with van der Waals surface area (Å²) >= 11 is 0. The summed E-state index contributed by atoms with van der Waals surface area (Å²) in [5.41, 5.74) is 0. The molecule has 0 aromatic carbocycles. The summed E-state index contributed by atoms with van der Waals surface area (Å²) in [7, 11) is 0. The Hall–Kier alpha value is -1.26. The summed E-state index contributed by atoms with van der Waals surface area (Å²) in [5.74, 6) is -2.24. The molecule has 1 aliphatic rings. The molecule has 1 aliphatic carbocycles. The van der Waals surface area contributed by atoms with E-state index < -0.39 is 61.4 Å². The number of carbonyl (C=O) groups excluding carboxylic acids is 1. The smallest absolute Gasteiger partial charge is 0.306 e. The number of carboxylic acids is 1. The van der Waals surface area contributed by atoms with Crippen molar-refractivity contribution < 1.29 is 45.0 Å². The second-order valence-corrected chi connectivity index (χ2v) is 4.30. The molecule has 1 fully saturated rings. The van der Waals surface area contributed by atoms with Crippen molar-refractivity contribution in [1.82, 2.24) is 0 Å². The summed E-state index contributed by atoms with van der Waals surface area (Å²) in [5, 5.41) is 55.5. The van der Waals surface area contributed by atoms with Crippen LogP contribution in [0.5, 0.6) is 0 Å². The van der Waals surface area contributed by atoms with Gasteiger partial charge in [-0.05, 0) is 0 Å². The first kappa shape index (κ1) is 15.8. The van der Waals surface area contributed by atoms with Gasteiger partial charge in [0.05, 0.1) is 12.8 Å². The zero-order valence-electron chi connectivity index (χ0n) is 9.79. The molecular weight excluding hydrogens is 264 g/mol. The summed E-state index contributed by atoms with van der Waals surface area (Å²) in [6.07, 6.45) is -11.6. The Labute approximate surface area is 107 Å². The first-order valence-electron chi connectivity index (χ1n) is 5.57. The van der Waals surface area contributed by atoms with Gasteiger partial charge in [-0.1, -0.05) is 0 Å². The number of aliphatic hydroxyl groups excluding tert-OH is 5. The largest absolute Gasteiger partial charge is 0.481 e. The average Bonchev–Trinajstić information content (AvgIpc) is 2.36. The lowest BCUT2D eigenvalue weighted by molar-refractivity contribution is -0.233. The van der Waals surface area contributed by atoms with Crippen molar-refractivity contribution in [3.63, 3.8) is 0 Å². The van der Waals surface area contributed by atoms with Crippen LogP contribution in [-0.4, -0.2) is 79.2 Å². The Balaban J connectivity index is 2.65. The first-order valence-corrected chi connectivity index (χ1v) is 5.57. The predicted molar refractivity (Wildman–Crippen MR) is 56.8 cm³/mol. The third kappa shape index (κ3) is 3.61. The highest BCUT2D eigenvalue weighted by Crippen LogP contribution is 2.24. The molecule has 1 saturated carbocycles. The fourth-order valence-corrected chi connectivity index (χ4v) is 1.76. The number of hydrogen-bond acceptors (Lipinski definition) is 8. The summed E-state index contributed by atoms with van der Waals surface area (Å²) in [4.78, 5) is 21.5. The molecule has 110 valence electrons. The molecular formula is C10H16O9. The molecule has 0 bridgehead atoms. The number of rotatable bonds is 4. The SMILES string of the molecule is O=C(O)CCC(=O)OC1C(O)C(O)C(O)C(O)C1O. The Morgan fingerprint density at radius 3 is 1.63 bits per heavy atom. The second-order valence-electron chi connectivity index (χ2n) is 4.30. The van der Waals surface area contributed by atoms with Gasteiger partial charge in [-0.3, -0.25) is 9.59 Å². The maximum Gasteiger partial charge on any atom is 0.306 e. The minimum atomic E-state index is -1.80. The first-order chi connectivity index (χ1) is 8.75. The van der Waals surface area contributed by atoms with E-state index in [4.69, 9.17) is 5.11 Å². The lowest BCUT2D eigenvalue weighted by Gasteiger charge is -2.41. The molecule has 6 N–H and O–H groups in total. The molecule has 0 radical (unpaired) electrons. The molecule has 0 heterocycles. The van der Waals surface area contributed by atoms with E-state index in [1.807, 2.05) is 0 Å². The molecule has 0 aromatic rings. The van der Waals surface area contributed by atoms with Gasteiger partial charge in [-0.15, -0.1) is 0 Å². The molecule has 9 nitrogen and oxygen atoms in total. The number of aliphatic hydroxyl groups is 5. The molecule has 4 atom stereocenters. The van der Waals surface area contributed by atoms with E-state index in [1.165, 1.54) is 0 Å². The van der Waals surface area contributed by atoms with Crippen molar-refractivity contribution >= 4 is 11.9 Å². The predicted octanol–water partition coefficient (Wildman–Crippen LogP) is -3.42. The minimum absolute atomic E-state index is 0.486. The van der Waals surface area contributed by atoms with Gasteiger partial charge in [-0.25, -0.2) is 0 Å². The molecule has 0 amide bonds. The Morgan fingerprint density at radius 2 is 1.21 bits per heavy atom. The van der Waals surface area contributed by atoms with Gasteiger partial charge in [0.25, 0.3) is 0 Å². The van der Waals surface area contributed by atoms with Gasteiger partial charge < -0.3 is 35.4 Å². The monoisotopic (exact) mass is 280 g/mol. The van der Waals surface area contributed by atoms with Crippen molar-refractivity contribution in [2.45, 2.75) is 49.5 Å². The van der Waals surface area contributed by atoms with Crippen LogP contribution >= 0.6 is 0 Å². The van der Waals surface area contributed by atoms with Crippen molar-refractivity contribution in [2.75, 3.05) is 0 Å². The van der Waals surface area contributed by atoms with Gasteiger partial charge in [-0.2, -0.15) is 0 Å². The van der Waals surface area contributed by atoms with Gasteiger partial charge in [0.2, 0.25) is 0 Å². The van der Waals surface area contributed by atoms with Crippen LogP contribution in [0.2, 0.25) is 0 Å². The lowest BCUT2D eigenvalue weighted by Crippen LogP contribution is -2.64. The van der Waals surface area contributed by atoms with E-state index in [2.05, 4.69) is 4.74 Å². The molecule has 4 unspecified atom stereocenters. The van der Waals surface area contributed by atoms with Crippen molar-refractivity contribution in [1.29, 1.82) is 0 Å². The quantitative estimate of drug-likeness (QED) is 0.287. The Bertz CT molecular complexity index is 328. The number of aliphatic carboxylic acids is 1. The van der Waals surface area contributed by atoms with Crippen LogP contribution in [-0.2, 0) is 14.3 Å². The molecule has 0 saturated heterocycles. The third-order valence-corrected chi connectivity index (χ3v) is 2.88. The van der Waals surface area contributed by atoms with E-state index in [0.717, 1.165) is 0 Å². The summed E-state index contributed by atoms with van der Waals surface area (Å²) in [6, 6.07) is 0. The van der Waals surface area contributed by atoms with Crippen LogP contribution in [0.4, 0.5) is 0 Å². The topological polar surface area (TPSA) is 165 Å². The Morgan fingerprint density at radius 1 is 0.789 bits per heavy atom. The van der Waals surface area contributed by atoms with E-state index >= 15 is 0 Å². The second kappa shape index (κ2) is 6.26. The van der Waals surface area contributed by atoms with Crippen molar-refractivity contribution in [3.8, 4) is 0 Å². The minimum Gasteiger partial charge on any atom is -0.481 e. The lowest BCUT2D eigenvalue weighted by atomic mass is 9.85. The fraction of sp³-hybridized carbons (Fsp3) is 0.800. The van der Waals surface area contributed by atoms with Crippen LogP contribution < -0.4 is 0 Å². The highest BCUT2D eigenvalue weighted by molar-refractivity contribution is 5.76. The van der Waals surface area contributed by atoms with E-state index in [0.29, 0.717) is 0 Å². The van der Waals surface area contributed by atoms with Crippen molar-refractivity contribution in [3.05, 3.63) is 0 Å². The maximum absolute atomic E-state index is 11.3. The van der Waals surface area contributed by atoms with E-state index in [-0.39, 0.29) is 0 Å². The number of esters is 1. The highest BCUT2D eigenvalue weighted by Gasteiger charge is 2.50. The van der Waals surface area contributed by atoms with E-state index in [1.54, 1.807) is 0 Å².